The number of ether oxygens (including phenoxy) is 1. The molecule has 5 heteroatoms. The highest BCUT2D eigenvalue weighted by atomic mass is 35.5. The van der Waals surface area contributed by atoms with E-state index in [0.717, 1.165) is 29.8 Å². The van der Waals surface area contributed by atoms with Crippen LogP contribution in [0.2, 0.25) is 5.15 Å². The molecule has 2 atom stereocenters. The third-order valence-electron chi connectivity index (χ3n) is 3.99. The monoisotopic (exact) mass is 329 g/mol. The van der Waals surface area contributed by atoms with E-state index in [9.17, 15) is 0 Å². The highest BCUT2D eigenvalue weighted by Crippen LogP contribution is 2.23. The van der Waals surface area contributed by atoms with Crippen molar-refractivity contribution in [1.82, 2.24) is 15.3 Å². The molecule has 4 nitrogen and oxygen atoms in total. The third kappa shape index (κ3) is 4.30. The summed E-state index contributed by atoms with van der Waals surface area (Å²) in [7, 11) is 0. The molecule has 3 heterocycles. The number of nitrogens with zero attached hydrogens (tertiary/aromatic N) is 2. The number of nitrogens with one attached hydrogen (secondary N) is 1. The van der Waals surface area contributed by atoms with Gasteiger partial charge in [0.15, 0.2) is 0 Å². The van der Waals surface area contributed by atoms with Gasteiger partial charge in [0.1, 0.15) is 17.0 Å². The number of rotatable bonds is 5. The van der Waals surface area contributed by atoms with Crippen LogP contribution in [0.1, 0.15) is 30.9 Å². The normalized spacial score (nSPS) is 19.1. The highest BCUT2D eigenvalue weighted by Gasteiger charge is 2.22. The Morgan fingerprint density at radius 3 is 2.91 bits per heavy atom. The van der Waals surface area contributed by atoms with Crippen molar-refractivity contribution in [2.45, 2.75) is 31.9 Å². The molecule has 120 valence electrons. The van der Waals surface area contributed by atoms with Crippen LogP contribution >= 0.6 is 11.6 Å². The van der Waals surface area contributed by atoms with Crippen LogP contribution in [0.25, 0.3) is 12.2 Å². The van der Waals surface area contributed by atoms with Gasteiger partial charge in [-0.25, -0.2) is 4.98 Å². The van der Waals surface area contributed by atoms with Crippen molar-refractivity contribution in [2.75, 3.05) is 6.54 Å². The van der Waals surface area contributed by atoms with Crippen molar-refractivity contribution in [1.29, 1.82) is 0 Å². The standard InChI is InChI=1S/C18H20ClN3O/c1-13(17-3-2-8-21-17)23-16-11-15(18(19)22-12-16)5-4-14-6-9-20-10-7-14/h4-7,9-13,17,21H,2-3,8H2,1H3/b5-4+/t13?,17-/m0/s1. The van der Waals surface area contributed by atoms with Crippen LogP contribution in [0.15, 0.2) is 36.8 Å². The van der Waals surface area contributed by atoms with Crippen LogP contribution in [0.3, 0.4) is 0 Å². The molecule has 1 fully saturated rings. The molecule has 3 rings (SSSR count). The van der Waals surface area contributed by atoms with Gasteiger partial charge >= 0.3 is 0 Å². The van der Waals surface area contributed by atoms with E-state index in [1.54, 1.807) is 18.6 Å². The summed E-state index contributed by atoms with van der Waals surface area (Å²) in [5.41, 5.74) is 1.90. The summed E-state index contributed by atoms with van der Waals surface area (Å²) in [5.74, 6) is 0.741. The largest absolute Gasteiger partial charge is 0.487 e. The van der Waals surface area contributed by atoms with Crippen molar-refractivity contribution in [2.24, 2.45) is 0 Å². The molecule has 2 aromatic rings. The third-order valence-corrected chi connectivity index (χ3v) is 4.31. The van der Waals surface area contributed by atoms with Gasteiger partial charge in [-0.2, -0.15) is 0 Å². The Labute approximate surface area is 141 Å². The number of hydrogen-bond donors (Lipinski definition) is 1. The van der Waals surface area contributed by atoms with E-state index in [0.29, 0.717) is 11.2 Å². The van der Waals surface area contributed by atoms with E-state index in [1.807, 2.05) is 30.4 Å². The summed E-state index contributed by atoms with van der Waals surface area (Å²) in [6.45, 7) is 3.15. The van der Waals surface area contributed by atoms with E-state index >= 15 is 0 Å². The summed E-state index contributed by atoms with van der Waals surface area (Å²) in [6, 6.07) is 6.21. The molecule has 0 spiro atoms. The molecule has 1 N–H and O–H groups in total. The first kappa shape index (κ1) is 16.0. The predicted octanol–water partition coefficient (Wildman–Crippen LogP) is 3.82. The lowest BCUT2D eigenvalue weighted by molar-refractivity contribution is 0.179. The quantitative estimate of drug-likeness (QED) is 0.847. The van der Waals surface area contributed by atoms with Gasteiger partial charge in [-0.3, -0.25) is 4.98 Å². The highest BCUT2D eigenvalue weighted by molar-refractivity contribution is 6.31. The first-order valence-corrected chi connectivity index (χ1v) is 8.24. The molecule has 0 radical (unpaired) electrons. The first-order chi connectivity index (χ1) is 11.2. The van der Waals surface area contributed by atoms with Crippen LogP contribution in [0.5, 0.6) is 5.75 Å². The topological polar surface area (TPSA) is 47.0 Å². The van der Waals surface area contributed by atoms with Gasteiger partial charge in [0.05, 0.1) is 6.20 Å². The summed E-state index contributed by atoms with van der Waals surface area (Å²) >= 11 is 6.18. The number of pyridine rings is 2. The fourth-order valence-corrected chi connectivity index (χ4v) is 2.86. The second-order valence-electron chi connectivity index (χ2n) is 5.69. The van der Waals surface area contributed by atoms with E-state index in [-0.39, 0.29) is 6.10 Å². The van der Waals surface area contributed by atoms with Crippen LogP contribution < -0.4 is 10.1 Å². The Morgan fingerprint density at radius 1 is 1.35 bits per heavy atom. The van der Waals surface area contributed by atoms with Crippen LogP contribution in [0.4, 0.5) is 0 Å². The van der Waals surface area contributed by atoms with E-state index in [1.165, 1.54) is 6.42 Å². The maximum Gasteiger partial charge on any atom is 0.138 e. The Bertz CT molecular complexity index is 669. The van der Waals surface area contributed by atoms with Crippen LogP contribution in [-0.4, -0.2) is 28.7 Å². The molecule has 2 aromatic heterocycles. The van der Waals surface area contributed by atoms with E-state index in [2.05, 4.69) is 22.2 Å². The van der Waals surface area contributed by atoms with Gasteiger partial charge in [0, 0.05) is 24.0 Å². The minimum atomic E-state index is 0.109. The maximum absolute atomic E-state index is 6.18. The zero-order chi connectivity index (χ0) is 16.1. The molecule has 23 heavy (non-hydrogen) atoms. The second-order valence-corrected chi connectivity index (χ2v) is 6.05. The van der Waals surface area contributed by atoms with Crippen LogP contribution in [0, 0.1) is 0 Å². The average Bonchev–Trinajstić information content (AvgIpc) is 3.11. The molecule has 0 saturated carbocycles. The molecule has 1 saturated heterocycles. The predicted molar refractivity (Wildman–Crippen MR) is 93.5 cm³/mol. The van der Waals surface area contributed by atoms with E-state index in [4.69, 9.17) is 16.3 Å². The van der Waals surface area contributed by atoms with Crippen molar-refractivity contribution >= 4 is 23.8 Å². The van der Waals surface area contributed by atoms with Crippen molar-refractivity contribution in [3.05, 3.63) is 53.1 Å². The summed E-state index contributed by atoms with van der Waals surface area (Å²) < 4.78 is 6.02. The van der Waals surface area contributed by atoms with Gasteiger partial charge in [-0.15, -0.1) is 0 Å². The Morgan fingerprint density at radius 2 is 2.17 bits per heavy atom. The lowest BCUT2D eigenvalue weighted by atomic mass is 10.1. The van der Waals surface area contributed by atoms with E-state index < -0.39 is 0 Å². The van der Waals surface area contributed by atoms with Gasteiger partial charge in [0.2, 0.25) is 0 Å². The first-order valence-electron chi connectivity index (χ1n) is 7.86. The summed E-state index contributed by atoms with van der Waals surface area (Å²) in [5, 5.41) is 3.92. The Balaban J connectivity index is 1.72. The minimum absolute atomic E-state index is 0.109. The smallest absolute Gasteiger partial charge is 0.138 e. The molecule has 1 aliphatic rings. The molecular formula is C18H20ClN3O. The minimum Gasteiger partial charge on any atom is -0.487 e. The molecular weight excluding hydrogens is 310 g/mol. The van der Waals surface area contributed by atoms with Crippen LogP contribution in [-0.2, 0) is 0 Å². The lowest BCUT2D eigenvalue weighted by Gasteiger charge is -2.21. The fourth-order valence-electron chi connectivity index (χ4n) is 2.70. The van der Waals surface area contributed by atoms with Gasteiger partial charge in [-0.05, 0) is 50.1 Å². The number of aromatic nitrogens is 2. The summed E-state index contributed by atoms with van der Waals surface area (Å²) in [6.07, 6.45) is 11.6. The van der Waals surface area contributed by atoms with Crippen molar-refractivity contribution < 1.29 is 4.74 Å². The molecule has 0 aromatic carbocycles. The molecule has 0 aliphatic carbocycles. The van der Waals surface area contributed by atoms with Gasteiger partial charge in [0.25, 0.3) is 0 Å². The Kier molecular flexibility index (Phi) is 5.26. The van der Waals surface area contributed by atoms with Gasteiger partial charge < -0.3 is 10.1 Å². The number of hydrogen-bond acceptors (Lipinski definition) is 4. The second kappa shape index (κ2) is 7.57. The van der Waals surface area contributed by atoms with Crippen molar-refractivity contribution in [3.63, 3.8) is 0 Å². The Hall–Kier alpha value is -1.91. The SMILES string of the molecule is CC(Oc1cnc(Cl)c(/C=C/c2ccncc2)c1)[C@@H]1CCCN1. The molecule has 0 amide bonds. The molecule has 1 unspecified atom stereocenters. The zero-order valence-corrected chi connectivity index (χ0v) is 13.8. The lowest BCUT2D eigenvalue weighted by Crippen LogP contribution is -2.36. The molecule has 1 aliphatic heterocycles. The average molecular weight is 330 g/mol. The number of halogens is 1. The fraction of sp³-hybridized carbons (Fsp3) is 0.333. The molecule has 0 bridgehead atoms. The van der Waals surface area contributed by atoms with Gasteiger partial charge in [-0.1, -0.05) is 23.8 Å². The van der Waals surface area contributed by atoms with Crippen molar-refractivity contribution in [3.8, 4) is 5.75 Å². The summed E-state index contributed by atoms with van der Waals surface area (Å²) in [4.78, 5) is 8.23. The maximum atomic E-state index is 6.18. The zero-order valence-electron chi connectivity index (χ0n) is 13.1.